The van der Waals surface area contributed by atoms with Crippen LogP contribution in [0.15, 0.2) is 12.2 Å². The number of nitrogens with zero attached hydrogens (tertiary/aromatic N) is 1. The van der Waals surface area contributed by atoms with E-state index in [9.17, 15) is 29.7 Å². The number of aliphatic hydroxyl groups excluding tert-OH is 1. The molecule has 0 aliphatic heterocycles. The quantitative estimate of drug-likeness (QED) is 0.203. The molecule has 0 bridgehead atoms. The third-order valence-corrected chi connectivity index (χ3v) is 4.60. The molecule has 1 amide bonds. The molecule has 8 nitrogen and oxygen atoms in total. The van der Waals surface area contributed by atoms with Crippen LogP contribution in [0.5, 0.6) is 0 Å². The molecule has 0 rings (SSSR count). The third-order valence-electron chi connectivity index (χ3n) is 4.60. The molecular weight excluding hydrogens is 352 g/mol. The maximum absolute atomic E-state index is 11.9. The van der Waals surface area contributed by atoms with E-state index in [4.69, 9.17) is 0 Å². The number of unbranched alkanes of at least 4 members (excludes halogenated alkanes) is 2. The minimum absolute atomic E-state index is 0.0823. The minimum atomic E-state index is -1.22. The number of carboxylic acid groups (broad SMARTS) is 2. The Labute approximate surface area is 161 Å². The number of allylic oxidation sites excluding steroid dienone is 1. The highest BCUT2D eigenvalue weighted by Gasteiger charge is 2.33. The monoisotopic (exact) mass is 386 g/mol. The second-order valence-corrected chi connectivity index (χ2v) is 7.17. The van der Waals surface area contributed by atoms with Crippen LogP contribution in [0.1, 0.15) is 40.0 Å². The molecule has 3 N–H and O–H groups in total. The predicted molar refractivity (Wildman–Crippen MR) is 99.5 cm³/mol. The average Bonchev–Trinajstić information content (AvgIpc) is 2.58. The van der Waals surface area contributed by atoms with Gasteiger partial charge in [0.2, 0.25) is 5.91 Å². The molecule has 0 aromatic carbocycles. The van der Waals surface area contributed by atoms with Crippen LogP contribution < -0.4 is 10.4 Å². The zero-order valence-corrected chi connectivity index (χ0v) is 16.6. The summed E-state index contributed by atoms with van der Waals surface area (Å²) in [4.78, 5) is 34.3. The van der Waals surface area contributed by atoms with Crippen LogP contribution >= 0.6 is 0 Å². The zero-order chi connectivity index (χ0) is 20.9. The van der Waals surface area contributed by atoms with Crippen molar-refractivity contribution in [2.75, 3.05) is 39.3 Å². The van der Waals surface area contributed by atoms with Gasteiger partial charge in [0.25, 0.3) is 0 Å². The number of hydrogen-bond donors (Lipinski definition) is 3. The number of hydrogen-bond acceptors (Lipinski definition) is 5. The van der Waals surface area contributed by atoms with E-state index in [1.54, 1.807) is 13.0 Å². The van der Waals surface area contributed by atoms with Crippen LogP contribution in [0.3, 0.4) is 0 Å². The zero-order valence-electron chi connectivity index (χ0n) is 16.6. The molecule has 0 saturated carbocycles. The smallest absolute Gasteiger partial charge is 0.311 e. The summed E-state index contributed by atoms with van der Waals surface area (Å²) < 4.78 is 0.0823. The molecule has 0 aromatic heterocycles. The molecule has 0 aliphatic carbocycles. The second-order valence-electron chi connectivity index (χ2n) is 7.17. The van der Waals surface area contributed by atoms with Crippen molar-refractivity contribution >= 4 is 17.8 Å². The largest absolute Gasteiger partial charge is 0.550 e. The Morgan fingerprint density at radius 3 is 2.30 bits per heavy atom. The summed E-state index contributed by atoms with van der Waals surface area (Å²) in [5.41, 5.74) is 0. The molecule has 0 saturated heterocycles. The van der Waals surface area contributed by atoms with Crippen molar-refractivity contribution in [2.45, 2.75) is 40.0 Å². The lowest BCUT2D eigenvalue weighted by atomic mass is 10.1. The summed E-state index contributed by atoms with van der Waals surface area (Å²) in [5, 5.41) is 32.6. The Bertz CT molecular complexity index is 484. The first-order chi connectivity index (χ1) is 12.7. The maximum atomic E-state index is 11.9. The van der Waals surface area contributed by atoms with E-state index >= 15 is 0 Å². The number of rotatable bonds is 15. The van der Waals surface area contributed by atoms with Gasteiger partial charge in [-0.15, -0.1) is 0 Å². The van der Waals surface area contributed by atoms with Crippen molar-refractivity contribution < 1.29 is 34.2 Å². The van der Waals surface area contributed by atoms with E-state index in [0.29, 0.717) is 6.54 Å². The van der Waals surface area contributed by atoms with E-state index in [1.807, 2.05) is 0 Å². The first-order valence-corrected chi connectivity index (χ1v) is 9.51. The second kappa shape index (κ2) is 13.3. The Balaban J connectivity index is 5.03. The molecule has 0 aliphatic rings. The number of carbonyl (C=O) groups is 3. The standard InChI is InChI=1S/C19H34N2O6/c1-4-5-6-7-8-17(23)20-9-10-21(11-12-22,13-15(2)18(24)25)14-16(3)19(26)27/h7-8,15-16,22H,4-6,9-14H2,1-3H3,(H2-,20,23,24,25,26,27)/b8-7+. The number of carboxylic acids is 2. The summed E-state index contributed by atoms with van der Waals surface area (Å²) in [5.74, 6) is -3.97. The first kappa shape index (κ1) is 25.1. The summed E-state index contributed by atoms with van der Waals surface area (Å²) in [6.45, 7) is 5.98. The highest BCUT2D eigenvalue weighted by Crippen LogP contribution is 2.16. The molecule has 0 spiro atoms. The average molecular weight is 386 g/mol. The number of quaternary nitrogens is 1. The number of nitrogens with one attached hydrogen (secondary N) is 1. The van der Waals surface area contributed by atoms with Crippen molar-refractivity contribution in [2.24, 2.45) is 11.8 Å². The van der Waals surface area contributed by atoms with E-state index in [-0.39, 0.29) is 43.2 Å². The van der Waals surface area contributed by atoms with Crippen LogP contribution in [0.2, 0.25) is 0 Å². The minimum Gasteiger partial charge on any atom is -0.550 e. The number of aliphatic hydroxyl groups is 1. The molecule has 0 aromatic rings. The highest BCUT2D eigenvalue weighted by atomic mass is 16.4. The first-order valence-electron chi connectivity index (χ1n) is 9.51. The Morgan fingerprint density at radius 1 is 1.15 bits per heavy atom. The summed E-state index contributed by atoms with van der Waals surface area (Å²) in [6, 6.07) is 0. The molecule has 8 heteroatoms. The van der Waals surface area contributed by atoms with Crippen LogP contribution in [0.4, 0.5) is 0 Å². The summed E-state index contributed by atoms with van der Waals surface area (Å²) in [6.07, 6.45) is 6.16. The van der Waals surface area contributed by atoms with Crippen molar-refractivity contribution in [1.29, 1.82) is 0 Å². The lowest BCUT2D eigenvalue weighted by Gasteiger charge is -2.41. The van der Waals surface area contributed by atoms with Gasteiger partial charge in [-0.3, -0.25) is 9.59 Å². The Hall–Kier alpha value is -1.93. The highest BCUT2D eigenvalue weighted by molar-refractivity contribution is 5.87. The summed E-state index contributed by atoms with van der Waals surface area (Å²) in [7, 11) is 0. The van der Waals surface area contributed by atoms with Crippen LogP contribution in [0.25, 0.3) is 0 Å². The lowest BCUT2D eigenvalue weighted by Crippen LogP contribution is -2.59. The molecule has 0 fully saturated rings. The van der Waals surface area contributed by atoms with E-state index in [0.717, 1.165) is 19.3 Å². The fraction of sp³-hybridized carbons (Fsp3) is 0.737. The van der Waals surface area contributed by atoms with Crippen molar-refractivity contribution in [3.05, 3.63) is 12.2 Å². The molecule has 3 unspecified atom stereocenters. The van der Waals surface area contributed by atoms with Crippen LogP contribution in [-0.4, -0.2) is 71.9 Å². The van der Waals surface area contributed by atoms with E-state index in [1.165, 1.54) is 13.0 Å². The fourth-order valence-corrected chi connectivity index (χ4v) is 3.07. The molecule has 156 valence electrons. The fourth-order valence-electron chi connectivity index (χ4n) is 3.07. The predicted octanol–water partition coefficient (Wildman–Crippen LogP) is -0.235. The SMILES string of the molecule is CCCC/C=C/C(=O)NCC[N+](CCO)(CC(C)C(=O)[O-])CC(C)C(=O)O. The Kier molecular flexibility index (Phi) is 12.3. The van der Waals surface area contributed by atoms with Gasteiger partial charge < -0.3 is 29.9 Å². The van der Waals surface area contributed by atoms with Gasteiger partial charge in [-0.1, -0.05) is 32.8 Å². The Morgan fingerprint density at radius 2 is 1.78 bits per heavy atom. The molecule has 27 heavy (non-hydrogen) atoms. The van der Waals surface area contributed by atoms with Gasteiger partial charge in [0.1, 0.15) is 12.5 Å². The van der Waals surface area contributed by atoms with Gasteiger partial charge in [-0.05, 0) is 19.4 Å². The number of carbonyl (C=O) groups excluding carboxylic acids is 2. The van der Waals surface area contributed by atoms with Crippen molar-refractivity contribution in [3.63, 3.8) is 0 Å². The molecule has 3 atom stereocenters. The van der Waals surface area contributed by atoms with Crippen LogP contribution in [-0.2, 0) is 14.4 Å². The third kappa shape index (κ3) is 10.7. The van der Waals surface area contributed by atoms with E-state index < -0.39 is 23.8 Å². The topological polar surface area (TPSA) is 127 Å². The van der Waals surface area contributed by atoms with Gasteiger partial charge in [0, 0.05) is 11.9 Å². The van der Waals surface area contributed by atoms with Gasteiger partial charge in [-0.2, -0.15) is 0 Å². The van der Waals surface area contributed by atoms with Gasteiger partial charge in [-0.25, -0.2) is 0 Å². The molecule has 0 heterocycles. The molecular formula is C19H34N2O6. The number of amides is 1. The van der Waals surface area contributed by atoms with Gasteiger partial charge in [0.15, 0.2) is 0 Å². The molecule has 0 radical (unpaired) electrons. The van der Waals surface area contributed by atoms with Crippen LogP contribution in [0, 0.1) is 11.8 Å². The van der Waals surface area contributed by atoms with Gasteiger partial charge in [0.05, 0.1) is 32.8 Å². The number of aliphatic carboxylic acids is 2. The van der Waals surface area contributed by atoms with Gasteiger partial charge >= 0.3 is 5.97 Å². The van der Waals surface area contributed by atoms with Crippen molar-refractivity contribution in [1.82, 2.24) is 5.32 Å². The normalized spacial score (nSPS) is 15.9. The summed E-state index contributed by atoms with van der Waals surface area (Å²) >= 11 is 0. The lowest BCUT2D eigenvalue weighted by molar-refractivity contribution is -0.931. The van der Waals surface area contributed by atoms with E-state index in [2.05, 4.69) is 12.2 Å². The van der Waals surface area contributed by atoms with Crippen molar-refractivity contribution in [3.8, 4) is 0 Å². The maximum Gasteiger partial charge on any atom is 0.311 e.